The van der Waals surface area contributed by atoms with Gasteiger partial charge in [0.05, 0.1) is 24.3 Å². The maximum Gasteiger partial charge on any atom is 0.233 e. The molecule has 2 saturated carbocycles. The Bertz CT molecular complexity index is 548. The van der Waals surface area contributed by atoms with Crippen LogP contribution in [0.25, 0.3) is 0 Å². The first kappa shape index (κ1) is 16.8. The largest absolute Gasteiger partial charge is 0.390 e. The Morgan fingerprint density at radius 1 is 1.30 bits per heavy atom. The Morgan fingerprint density at radius 2 is 1.91 bits per heavy atom. The summed E-state index contributed by atoms with van der Waals surface area (Å²) < 4.78 is 1.86. The zero-order valence-corrected chi connectivity index (χ0v) is 14.9. The van der Waals surface area contributed by atoms with Gasteiger partial charge in [0.2, 0.25) is 5.91 Å². The SMILES string of the molecule is CC1CCC(N(C(=O)CSc2ncc(CO)n2C)C2CC2)CC1. The highest BCUT2D eigenvalue weighted by atomic mass is 32.2. The number of amides is 1. The fourth-order valence-corrected chi connectivity index (χ4v) is 4.33. The van der Waals surface area contributed by atoms with Crippen molar-refractivity contribution in [3.05, 3.63) is 11.9 Å². The summed E-state index contributed by atoms with van der Waals surface area (Å²) in [6.45, 7) is 2.29. The smallest absolute Gasteiger partial charge is 0.233 e. The maximum atomic E-state index is 12.8. The molecule has 2 fully saturated rings. The van der Waals surface area contributed by atoms with Crippen LogP contribution in [0.5, 0.6) is 0 Å². The molecule has 0 unspecified atom stereocenters. The van der Waals surface area contributed by atoms with Gasteiger partial charge >= 0.3 is 0 Å². The van der Waals surface area contributed by atoms with E-state index in [4.69, 9.17) is 0 Å². The number of thioether (sulfide) groups is 1. The summed E-state index contributed by atoms with van der Waals surface area (Å²) in [5.74, 6) is 1.50. The predicted octanol–water partition coefficient (Wildman–Crippen LogP) is 2.57. The summed E-state index contributed by atoms with van der Waals surface area (Å²) >= 11 is 1.48. The van der Waals surface area contributed by atoms with Gasteiger partial charge in [0.15, 0.2) is 5.16 Å². The van der Waals surface area contributed by atoms with Crippen molar-refractivity contribution in [3.8, 4) is 0 Å². The maximum absolute atomic E-state index is 12.8. The van der Waals surface area contributed by atoms with Crippen molar-refractivity contribution in [2.45, 2.75) is 69.3 Å². The molecule has 1 amide bonds. The third-order valence-corrected chi connectivity index (χ3v) is 6.16. The Balaban J connectivity index is 1.59. The van der Waals surface area contributed by atoms with Crippen molar-refractivity contribution in [1.29, 1.82) is 0 Å². The van der Waals surface area contributed by atoms with E-state index in [1.807, 2.05) is 11.6 Å². The van der Waals surface area contributed by atoms with Gasteiger partial charge in [0, 0.05) is 19.1 Å². The van der Waals surface area contributed by atoms with E-state index in [1.54, 1.807) is 6.20 Å². The molecule has 23 heavy (non-hydrogen) atoms. The summed E-state index contributed by atoms with van der Waals surface area (Å²) in [5, 5.41) is 10.0. The zero-order valence-electron chi connectivity index (χ0n) is 14.1. The van der Waals surface area contributed by atoms with Crippen LogP contribution in [-0.4, -0.2) is 43.3 Å². The number of hydrogen-bond acceptors (Lipinski definition) is 4. The lowest BCUT2D eigenvalue weighted by Gasteiger charge is -2.36. The Labute approximate surface area is 142 Å². The molecule has 0 spiro atoms. The minimum absolute atomic E-state index is 0.0214. The molecule has 5 nitrogen and oxygen atoms in total. The van der Waals surface area contributed by atoms with Gasteiger partial charge in [0.25, 0.3) is 0 Å². The Kier molecular flexibility index (Phi) is 5.31. The summed E-state index contributed by atoms with van der Waals surface area (Å²) in [5.41, 5.74) is 0.778. The highest BCUT2D eigenvalue weighted by Gasteiger charge is 2.38. The van der Waals surface area contributed by atoms with Gasteiger partial charge in [0.1, 0.15) is 0 Å². The quantitative estimate of drug-likeness (QED) is 0.811. The fraction of sp³-hybridized carbons (Fsp3) is 0.765. The molecule has 1 heterocycles. The van der Waals surface area contributed by atoms with E-state index in [9.17, 15) is 9.90 Å². The number of carbonyl (C=O) groups is 1. The fourth-order valence-electron chi connectivity index (χ4n) is 3.49. The van der Waals surface area contributed by atoms with Gasteiger partial charge in [-0.2, -0.15) is 0 Å². The van der Waals surface area contributed by atoms with Crippen LogP contribution < -0.4 is 0 Å². The third kappa shape index (κ3) is 3.91. The van der Waals surface area contributed by atoms with E-state index in [0.717, 1.165) is 29.6 Å². The molecular formula is C17H27N3O2S. The van der Waals surface area contributed by atoms with Gasteiger partial charge < -0.3 is 14.6 Å². The average Bonchev–Trinajstić information content (AvgIpc) is 3.31. The molecule has 1 aromatic rings. The molecular weight excluding hydrogens is 310 g/mol. The van der Waals surface area contributed by atoms with Crippen LogP contribution in [0.3, 0.4) is 0 Å². The van der Waals surface area contributed by atoms with Crippen LogP contribution in [0, 0.1) is 5.92 Å². The van der Waals surface area contributed by atoms with Crippen LogP contribution in [-0.2, 0) is 18.4 Å². The number of aliphatic hydroxyl groups is 1. The molecule has 2 aliphatic rings. The van der Waals surface area contributed by atoms with Crippen LogP contribution >= 0.6 is 11.8 Å². The topological polar surface area (TPSA) is 58.4 Å². The van der Waals surface area contributed by atoms with E-state index < -0.39 is 0 Å². The zero-order chi connectivity index (χ0) is 16.4. The van der Waals surface area contributed by atoms with Crippen molar-refractivity contribution in [3.63, 3.8) is 0 Å². The molecule has 0 aliphatic heterocycles. The number of aromatic nitrogens is 2. The predicted molar refractivity (Wildman–Crippen MR) is 91.1 cm³/mol. The van der Waals surface area contributed by atoms with E-state index >= 15 is 0 Å². The highest BCUT2D eigenvalue weighted by Crippen LogP contribution is 2.36. The van der Waals surface area contributed by atoms with Gasteiger partial charge in [-0.25, -0.2) is 4.98 Å². The van der Waals surface area contributed by atoms with E-state index in [1.165, 1.54) is 37.4 Å². The molecule has 0 aromatic carbocycles. The van der Waals surface area contributed by atoms with Crippen molar-refractivity contribution in [2.24, 2.45) is 13.0 Å². The van der Waals surface area contributed by atoms with Crippen LogP contribution in [0.15, 0.2) is 11.4 Å². The Morgan fingerprint density at radius 3 is 2.43 bits per heavy atom. The molecule has 3 rings (SSSR count). The second-order valence-electron chi connectivity index (χ2n) is 6.98. The molecule has 0 saturated heterocycles. The molecule has 0 radical (unpaired) electrons. The number of carbonyl (C=O) groups excluding carboxylic acids is 1. The molecule has 1 N–H and O–H groups in total. The lowest BCUT2D eigenvalue weighted by Crippen LogP contribution is -2.44. The minimum atomic E-state index is -0.0214. The molecule has 6 heteroatoms. The van der Waals surface area contributed by atoms with Gasteiger partial charge in [-0.3, -0.25) is 4.79 Å². The summed E-state index contributed by atoms with van der Waals surface area (Å²) in [6.07, 6.45) is 8.81. The van der Waals surface area contributed by atoms with E-state index in [2.05, 4.69) is 16.8 Å². The van der Waals surface area contributed by atoms with Crippen LogP contribution in [0.2, 0.25) is 0 Å². The second-order valence-corrected chi connectivity index (χ2v) is 7.93. The monoisotopic (exact) mass is 337 g/mol. The Hall–Kier alpha value is -1.01. The summed E-state index contributed by atoms with van der Waals surface area (Å²) in [7, 11) is 1.88. The number of nitrogens with zero attached hydrogens (tertiary/aromatic N) is 3. The number of aliphatic hydroxyl groups excluding tert-OH is 1. The van der Waals surface area contributed by atoms with Gasteiger partial charge in [-0.05, 0) is 44.4 Å². The molecule has 128 valence electrons. The van der Waals surface area contributed by atoms with Gasteiger partial charge in [-0.15, -0.1) is 0 Å². The van der Waals surface area contributed by atoms with Crippen molar-refractivity contribution in [1.82, 2.24) is 14.5 Å². The first-order valence-corrected chi connectivity index (χ1v) is 9.64. The number of imidazole rings is 1. The summed E-state index contributed by atoms with van der Waals surface area (Å²) in [6, 6.07) is 0.928. The van der Waals surface area contributed by atoms with Crippen LogP contribution in [0.4, 0.5) is 0 Å². The standard InChI is InChI=1S/C17H27N3O2S/c1-12-3-5-13(6-4-12)20(14-7-8-14)16(22)11-23-17-18-9-15(10-21)19(17)2/h9,12-14,21H,3-8,10-11H2,1-2H3. The third-order valence-electron chi connectivity index (χ3n) is 5.14. The first-order chi connectivity index (χ1) is 11.1. The molecule has 0 atom stereocenters. The van der Waals surface area contributed by atoms with E-state index in [-0.39, 0.29) is 12.5 Å². The lowest BCUT2D eigenvalue weighted by molar-refractivity contribution is -0.132. The number of hydrogen-bond donors (Lipinski definition) is 1. The number of rotatable bonds is 6. The van der Waals surface area contributed by atoms with Crippen molar-refractivity contribution < 1.29 is 9.90 Å². The van der Waals surface area contributed by atoms with Crippen molar-refractivity contribution >= 4 is 17.7 Å². The molecule has 2 aliphatic carbocycles. The highest BCUT2D eigenvalue weighted by molar-refractivity contribution is 7.99. The minimum Gasteiger partial charge on any atom is -0.390 e. The van der Waals surface area contributed by atoms with Crippen molar-refractivity contribution in [2.75, 3.05) is 5.75 Å². The molecule has 1 aromatic heterocycles. The van der Waals surface area contributed by atoms with Gasteiger partial charge in [-0.1, -0.05) is 18.7 Å². The van der Waals surface area contributed by atoms with E-state index in [0.29, 0.717) is 17.8 Å². The second kappa shape index (κ2) is 7.26. The summed E-state index contributed by atoms with van der Waals surface area (Å²) in [4.78, 5) is 19.3. The first-order valence-electron chi connectivity index (χ1n) is 8.65. The normalized spacial score (nSPS) is 24.7. The molecule has 0 bridgehead atoms. The van der Waals surface area contributed by atoms with Crippen LogP contribution in [0.1, 0.15) is 51.1 Å². The average molecular weight is 337 g/mol. The lowest BCUT2D eigenvalue weighted by atomic mass is 9.86.